The van der Waals surface area contributed by atoms with Crippen LogP contribution in [0, 0.1) is 10.7 Å². The Morgan fingerprint density at radius 2 is 1.75 bits per heavy atom. The summed E-state index contributed by atoms with van der Waals surface area (Å²) < 4.78 is 10.1. The van der Waals surface area contributed by atoms with Crippen molar-refractivity contribution in [2.45, 2.75) is 84.0 Å². The van der Waals surface area contributed by atoms with Gasteiger partial charge in [0.05, 0.1) is 0 Å². The molecule has 0 aromatic rings. The first kappa shape index (κ1) is 18.1. The summed E-state index contributed by atoms with van der Waals surface area (Å²) in [7, 11) is -1.51. The summed E-state index contributed by atoms with van der Waals surface area (Å²) in [4.78, 5) is 2.49. The zero-order valence-electron chi connectivity index (χ0n) is 14.1. The second kappa shape index (κ2) is 8.46. The van der Waals surface area contributed by atoms with E-state index in [1.54, 1.807) is 5.57 Å². The van der Waals surface area contributed by atoms with Gasteiger partial charge in [-0.2, -0.15) is 0 Å². The van der Waals surface area contributed by atoms with E-state index in [1.807, 2.05) is 0 Å². The molecule has 0 heterocycles. The molecule has 0 atom stereocenters. The maximum atomic E-state index is 6.50. The van der Waals surface area contributed by atoms with Crippen LogP contribution in [0.2, 0.25) is 19.6 Å². The van der Waals surface area contributed by atoms with Crippen molar-refractivity contribution in [3.05, 3.63) is 10.5 Å². The molecule has 1 aliphatic carbocycles. The van der Waals surface area contributed by atoms with Crippen molar-refractivity contribution in [3.8, 4) is 10.7 Å². The minimum atomic E-state index is -1.51. The van der Waals surface area contributed by atoms with Crippen molar-refractivity contribution < 1.29 is 4.43 Å². The Bertz CT molecular complexity index is 372. The van der Waals surface area contributed by atoms with Gasteiger partial charge < -0.3 is 0 Å². The van der Waals surface area contributed by atoms with Crippen LogP contribution in [-0.4, -0.2) is 29.3 Å². The topological polar surface area (TPSA) is 9.23 Å². The molecule has 1 rings (SSSR count). The third kappa shape index (κ3) is 6.65. The average Bonchev–Trinajstić information content (AvgIpc) is 2.38. The van der Waals surface area contributed by atoms with Gasteiger partial charge in [0, 0.05) is 0 Å². The molecule has 0 unspecified atom stereocenters. The zero-order chi connectivity index (χ0) is 15.1. The summed E-state index contributed by atoms with van der Waals surface area (Å²) in [6.07, 6.45) is 8.64. The summed E-state index contributed by atoms with van der Waals surface area (Å²) in [6, 6.07) is 0. The van der Waals surface area contributed by atoms with Gasteiger partial charge in [0.1, 0.15) is 0 Å². The summed E-state index contributed by atoms with van der Waals surface area (Å²) in [5.74, 6) is 3.60. The predicted molar refractivity (Wildman–Crippen MR) is 95.2 cm³/mol. The second-order valence-corrected chi connectivity index (χ2v) is 13.7. The van der Waals surface area contributed by atoms with Gasteiger partial charge in [0.2, 0.25) is 0 Å². The van der Waals surface area contributed by atoms with E-state index in [9.17, 15) is 0 Å². The predicted octanol–water partition coefficient (Wildman–Crippen LogP) is 4.37. The molecule has 0 radical (unpaired) electrons. The van der Waals surface area contributed by atoms with Crippen molar-refractivity contribution in [3.63, 3.8) is 0 Å². The molecule has 1 nitrogen and oxygen atoms in total. The molecule has 0 aliphatic heterocycles. The average molecular weight is 353 g/mol. The van der Waals surface area contributed by atoms with Gasteiger partial charge in [0.25, 0.3) is 0 Å². The monoisotopic (exact) mass is 354 g/mol. The van der Waals surface area contributed by atoms with E-state index in [1.165, 1.54) is 32.1 Å². The van der Waals surface area contributed by atoms with Gasteiger partial charge in [-0.25, -0.2) is 0 Å². The number of hydrogen-bond acceptors (Lipinski definition) is 1. The van der Waals surface area contributed by atoms with Crippen LogP contribution in [0.4, 0.5) is 0 Å². The Morgan fingerprint density at radius 3 is 2.25 bits per heavy atom. The number of hydrogen-bond donors (Lipinski definition) is 0. The molecule has 1 aliphatic rings. The Kier molecular flexibility index (Phi) is 7.64. The van der Waals surface area contributed by atoms with Crippen LogP contribution in [0.3, 0.4) is 0 Å². The molecule has 0 saturated heterocycles. The standard InChI is InChI=1S/C17H32GeOSi/c1-6-16(7-2)15-18-14-13-17(19-20(3,4)5)11-9-8-10-12-17/h15H,6-12,18H2,1-5H3. The molecule has 0 N–H and O–H groups in total. The van der Waals surface area contributed by atoms with Crippen molar-refractivity contribution in [2.24, 2.45) is 0 Å². The summed E-state index contributed by atoms with van der Waals surface area (Å²) in [5, 5.41) is 0. The Balaban J connectivity index is 2.73. The molecular formula is C17H32GeOSi. The van der Waals surface area contributed by atoms with Gasteiger partial charge in [-0.15, -0.1) is 0 Å². The van der Waals surface area contributed by atoms with Crippen LogP contribution in [0.5, 0.6) is 0 Å². The van der Waals surface area contributed by atoms with Gasteiger partial charge in [-0.3, -0.25) is 0 Å². The molecule has 114 valence electrons. The van der Waals surface area contributed by atoms with E-state index in [0.29, 0.717) is 0 Å². The van der Waals surface area contributed by atoms with Crippen LogP contribution in [0.25, 0.3) is 0 Å². The first-order valence-corrected chi connectivity index (χ1v) is 14.9. The molecule has 20 heavy (non-hydrogen) atoms. The van der Waals surface area contributed by atoms with Crippen LogP contribution in [-0.2, 0) is 4.43 Å². The van der Waals surface area contributed by atoms with E-state index < -0.39 is 23.7 Å². The van der Waals surface area contributed by atoms with E-state index in [-0.39, 0.29) is 5.60 Å². The molecule has 3 heteroatoms. The van der Waals surface area contributed by atoms with Gasteiger partial charge in [0.15, 0.2) is 0 Å². The fourth-order valence-corrected chi connectivity index (χ4v) is 7.26. The molecule has 0 aromatic heterocycles. The van der Waals surface area contributed by atoms with Crippen LogP contribution in [0.15, 0.2) is 10.5 Å². The molecular weight excluding hydrogens is 321 g/mol. The van der Waals surface area contributed by atoms with E-state index in [2.05, 4.69) is 49.1 Å². The van der Waals surface area contributed by atoms with Crippen LogP contribution in [0.1, 0.15) is 58.8 Å². The summed E-state index contributed by atoms with van der Waals surface area (Å²) in [6.45, 7) is 11.4. The minimum absolute atomic E-state index is 0.0829. The molecule has 0 bridgehead atoms. The first-order valence-electron chi connectivity index (χ1n) is 8.29. The second-order valence-electron chi connectivity index (χ2n) is 6.84. The zero-order valence-corrected chi connectivity index (χ0v) is 18.1. The summed E-state index contributed by atoms with van der Waals surface area (Å²) >= 11 is -0.823. The maximum absolute atomic E-state index is 6.50. The van der Waals surface area contributed by atoms with E-state index >= 15 is 0 Å². The third-order valence-electron chi connectivity index (χ3n) is 3.88. The Hall–Kier alpha value is 0.0197. The van der Waals surface area contributed by atoms with Gasteiger partial charge in [-0.05, 0) is 0 Å². The number of allylic oxidation sites excluding steroid dienone is 1. The molecule has 0 spiro atoms. The molecule has 1 fully saturated rings. The molecule has 0 amide bonds. The van der Waals surface area contributed by atoms with Crippen LogP contribution >= 0.6 is 0 Å². The van der Waals surface area contributed by atoms with Crippen molar-refractivity contribution in [1.29, 1.82) is 0 Å². The summed E-state index contributed by atoms with van der Waals surface area (Å²) in [5.41, 5.74) is 1.52. The van der Waals surface area contributed by atoms with Crippen LogP contribution < -0.4 is 0 Å². The quantitative estimate of drug-likeness (QED) is 0.527. The molecule has 0 aromatic carbocycles. The van der Waals surface area contributed by atoms with E-state index in [4.69, 9.17) is 4.43 Å². The molecule has 1 saturated carbocycles. The van der Waals surface area contributed by atoms with Gasteiger partial charge >= 0.3 is 133 Å². The van der Waals surface area contributed by atoms with E-state index in [0.717, 1.165) is 12.8 Å². The fraction of sp³-hybridized carbons (Fsp3) is 0.765. The third-order valence-corrected chi connectivity index (χ3v) is 7.32. The first-order chi connectivity index (χ1) is 9.41. The van der Waals surface area contributed by atoms with Crippen molar-refractivity contribution in [1.82, 2.24) is 0 Å². The Morgan fingerprint density at radius 1 is 1.15 bits per heavy atom. The SMILES string of the molecule is CCC(=[CH][GeH2][C]#CC1(O[Si](C)(C)C)CCCCC1)CC. The fourth-order valence-electron chi connectivity index (χ4n) is 2.91. The van der Waals surface area contributed by atoms with Crippen molar-refractivity contribution >= 4 is 23.7 Å². The van der Waals surface area contributed by atoms with Crippen molar-refractivity contribution in [2.75, 3.05) is 0 Å². The Labute approximate surface area is 133 Å². The number of rotatable bonds is 5. The normalized spacial score (nSPS) is 18.6. The van der Waals surface area contributed by atoms with Gasteiger partial charge in [-0.1, -0.05) is 0 Å².